The Morgan fingerprint density at radius 1 is 1.06 bits per heavy atom. The Bertz CT molecular complexity index is 1830. The second-order valence-corrected chi connectivity index (χ2v) is 12.2. The summed E-state index contributed by atoms with van der Waals surface area (Å²) in [6.07, 6.45) is -4.62. The standard InChI is InChI=1S/C33H32F3N7O5S/c1-20(2)25-5-3-4-6-26(25)42-27(44)19-49-32(42)40-31(45)38-22-9-7-21(8-10-22)29-39-30(37-16-15-28-46-17-18-47-28)43(41-29)23-11-13-24(14-12-23)48-33(34,35)36/h3-14,20,28H,15-19H2,1-2H3,(H,38,45)(H,37,39,41). The van der Waals surface area contributed by atoms with Crippen LogP contribution in [0.4, 0.5) is 35.3 Å². The summed E-state index contributed by atoms with van der Waals surface area (Å²) in [4.78, 5) is 36.1. The molecule has 256 valence electrons. The number of aliphatic imine (C=N–C) groups is 1. The number of urea groups is 1. The van der Waals surface area contributed by atoms with Gasteiger partial charge in [0.15, 0.2) is 17.3 Å². The molecule has 0 spiro atoms. The van der Waals surface area contributed by atoms with Crippen molar-refractivity contribution >= 4 is 46.2 Å². The number of amides is 3. The average Bonchev–Trinajstić information content (AvgIpc) is 3.82. The van der Waals surface area contributed by atoms with Crippen molar-refractivity contribution in [3.63, 3.8) is 0 Å². The van der Waals surface area contributed by atoms with Crippen LogP contribution in [-0.4, -0.2) is 70.0 Å². The molecule has 4 aromatic rings. The number of aromatic nitrogens is 3. The van der Waals surface area contributed by atoms with Crippen LogP contribution in [0, 0.1) is 0 Å². The lowest BCUT2D eigenvalue weighted by Gasteiger charge is -2.21. The molecular formula is C33H32F3N7O5S. The normalized spacial score (nSPS) is 16.2. The third-order valence-corrected chi connectivity index (χ3v) is 8.36. The fourth-order valence-electron chi connectivity index (χ4n) is 5.20. The van der Waals surface area contributed by atoms with Gasteiger partial charge in [0.2, 0.25) is 11.9 Å². The minimum atomic E-state index is -4.81. The molecule has 2 saturated heterocycles. The topological polar surface area (TPSA) is 132 Å². The lowest BCUT2D eigenvalue weighted by Crippen LogP contribution is -2.31. The minimum Gasteiger partial charge on any atom is -0.406 e. The number of amidine groups is 1. The van der Waals surface area contributed by atoms with Crippen LogP contribution < -0.4 is 20.3 Å². The van der Waals surface area contributed by atoms with Gasteiger partial charge >= 0.3 is 12.4 Å². The molecule has 0 atom stereocenters. The van der Waals surface area contributed by atoms with Gasteiger partial charge < -0.3 is 24.8 Å². The molecule has 0 bridgehead atoms. The van der Waals surface area contributed by atoms with E-state index in [2.05, 4.69) is 30.4 Å². The molecule has 16 heteroatoms. The number of rotatable bonds is 10. The number of nitrogens with zero attached hydrogens (tertiary/aromatic N) is 5. The van der Waals surface area contributed by atoms with E-state index in [0.29, 0.717) is 65.7 Å². The maximum atomic E-state index is 13.0. The highest BCUT2D eigenvalue weighted by Gasteiger charge is 2.33. The number of thioether (sulfide) groups is 1. The number of carbonyl (C=O) groups is 2. The number of benzene rings is 3. The summed E-state index contributed by atoms with van der Waals surface area (Å²) in [5.41, 5.74) is 3.19. The van der Waals surface area contributed by atoms with Crippen LogP contribution in [0.2, 0.25) is 0 Å². The number of anilines is 3. The Labute approximate surface area is 283 Å². The number of hydrogen-bond acceptors (Lipinski definition) is 9. The Morgan fingerprint density at radius 2 is 1.78 bits per heavy atom. The van der Waals surface area contributed by atoms with Gasteiger partial charge in [-0.05, 0) is 66.1 Å². The zero-order valence-electron chi connectivity index (χ0n) is 26.4. The highest BCUT2D eigenvalue weighted by molar-refractivity contribution is 8.15. The highest BCUT2D eigenvalue weighted by Crippen LogP contribution is 2.33. The van der Waals surface area contributed by atoms with Crippen molar-refractivity contribution in [1.29, 1.82) is 0 Å². The first kappa shape index (κ1) is 34.0. The summed E-state index contributed by atoms with van der Waals surface area (Å²) in [5, 5.41) is 10.8. The van der Waals surface area contributed by atoms with E-state index in [1.54, 1.807) is 24.3 Å². The van der Waals surface area contributed by atoms with Crippen LogP contribution in [0.25, 0.3) is 17.1 Å². The van der Waals surface area contributed by atoms with Crippen molar-refractivity contribution < 1.29 is 37.0 Å². The summed E-state index contributed by atoms with van der Waals surface area (Å²) >= 11 is 1.20. The maximum absolute atomic E-state index is 13.0. The Morgan fingerprint density at radius 3 is 2.47 bits per heavy atom. The molecule has 2 fully saturated rings. The van der Waals surface area contributed by atoms with E-state index in [1.807, 2.05) is 38.1 Å². The first-order valence-electron chi connectivity index (χ1n) is 15.4. The van der Waals surface area contributed by atoms with Gasteiger partial charge in [0.25, 0.3) is 0 Å². The molecule has 2 aliphatic rings. The molecule has 2 aliphatic heterocycles. The molecule has 0 radical (unpaired) electrons. The van der Waals surface area contributed by atoms with Gasteiger partial charge in [-0.2, -0.15) is 14.7 Å². The second-order valence-electron chi connectivity index (χ2n) is 11.2. The average molecular weight is 696 g/mol. The van der Waals surface area contributed by atoms with Crippen LogP contribution in [0.1, 0.15) is 31.7 Å². The fraction of sp³-hybridized carbons (Fsp3) is 0.303. The Kier molecular flexibility index (Phi) is 10.2. The third-order valence-electron chi connectivity index (χ3n) is 7.43. The molecule has 0 aliphatic carbocycles. The minimum absolute atomic E-state index is 0.152. The lowest BCUT2D eigenvalue weighted by atomic mass is 10.0. The van der Waals surface area contributed by atoms with E-state index in [-0.39, 0.29) is 29.6 Å². The number of para-hydroxylation sites is 1. The van der Waals surface area contributed by atoms with E-state index < -0.39 is 12.4 Å². The molecule has 3 aromatic carbocycles. The number of nitrogens with one attached hydrogen (secondary N) is 2. The van der Waals surface area contributed by atoms with Crippen LogP contribution in [0.3, 0.4) is 0 Å². The Hall–Kier alpha value is -4.93. The van der Waals surface area contributed by atoms with Crippen molar-refractivity contribution in [3.05, 3.63) is 78.4 Å². The van der Waals surface area contributed by atoms with Gasteiger partial charge in [-0.15, -0.1) is 18.3 Å². The van der Waals surface area contributed by atoms with Crippen molar-refractivity contribution in [2.24, 2.45) is 4.99 Å². The van der Waals surface area contributed by atoms with Crippen molar-refractivity contribution in [1.82, 2.24) is 14.8 Å². The largest absolute Gasteiger partial charge is 0.573 e. The summed E-state index contributed by atoms with van der Waals surface area (Å²) < 4.78 is 54.5. The van der Waals surface area contributed by atoms with Crippen molar-refractivity contribution in [2.75, 3.05) is 41.0 Å². The zero-order valence-corrected chi connectivity index (χ0v) is 27.3. The second kappa shape index (κ2) is 14.7. The fourth-order valence-corrected chi connectivity index (χ4v) is 6.05. The smallest absolute Gasteiger partial charge is 0.406 e. The van der Waals surface area contributed by atoms with Crippen molar-refractivity contribution in [3.8, 4) is 22.8 Å². The van der Waals surface area contributed by atoms with Crippen LogP contribution in [0.5, 0.6) is 5.75 Å². The van der Waals surface area contributed by atoms with E-state index in [4.69, 9.17) is 9.47 Å². The third kappa shape index (κ3) is 8.39. The van der Waals surface area contributed by atoms with Gasteiger partial charge in [0.05, 0.1) is 30.3 Å². The summed E-state index contributed by atoms with van der Waals surface area (Å²) in [5.74, 6) is 0.492. The maximum Gasteiger partial charge on any atom is 0.573 e. The van der Waals surface area contributed by atoms with E-state index in [0.717, 1.165) is 5.56 Å². The first-order chi connectivity index (χ1) is 23.5. The van der Waals surface area contributed by atoms with Crippen LogP contribution in [-0.2, 0) is 14.3 Å². The summed E-state index contributed by atoms with van der Waals surface area (Å²) in [7, 11) is 0. The molecule has 1 aromatic heterocycles. The van der Waals surface area contributed by atoms with Gasteiger partial charge in [-0.1, -0.05) is 43.8 Å². The summed E-state index contributed by atoms with van der Waals surface area (Å²) in [6, 6.07) is 18.9. The van der Waals surface area contributed by atoms with Crippen molar-refractivity contribution in [2.45, 2.75) is 38.8 Å². The molecule has 3 heterocycles. The van der Waals surface area contributed by atoms with Gasteiger partial charge in [-0.25, -0.2) is 4.79 Å². The van der Waals surface area contributed by atoms with E-state index >= 15 is 0 Å². The molecule has 12 nitrogen and oxygen atoms in total. The highest BCUT2D eigenvalue weighted by atomic mass is 32.2. The SMILES string of the molecule is CC(C)c1ccccc1N1C(=O)CSC1=NC(=O)Nc1ccc(-c2nc(NCCC3OCCO3)n(-c3ccc(OC(F)(F)F)cc3)n2)cc1. The molecule has 3 amide bonds. The number of halogens is 3. The molecule has 0 saturated carbocycles. The van der Waals surface area contributed by atoms with Gasteiger partial charge in [0, 0.05) is 24.2 Å². The lowest BCUT2D eigenvalue weighted by molar-refractivity contribution is -0.274. The Balaban J connectivity index is 1.18. The number of ether oxygens (including phenoxy) is 3. The summed E-state index contributed by atoms with van der Waals surface area (Å²) in [6.45, 7) is 5.53. The molecule has 49 heavy (non-hydrogen) atoms. The van der Waals surface area contributed by atoms with Gasteiger partial charge in [-0.3, -0.25) is 9.69 Å². The number of hydrogen-bond donors (Lipinski definition) is 2. The number of alkyl halides is 3. The molecule has 6 rings (SSSR count). The van der Waals surface area contributed by atoms with Crippen LogP contribution >= 0.6 is 11.8 Å². The zero-order chi connectivity index (χ0) is 34.5. The predicted octanol–water partition coefficient (Wildman–Crippen LogP) is 6.80. The first-order valence-corrected chi connectivity index (χ1v) is 16.4. The number of carbonyl (C=O) groups excluding carboxylic acids is 2. The molecular weight excluding hydrogens is 663 g/mol. The molecule has 0 unspecified atom stereocenters. The van der Waals surface area contributed by atoms with Gasteiger partial charge in [0.1, 0.15) is 5.75 Å². The van der Waals surface area contributed by atoms with E-state index in [9.17, 15) is 22.8 Å². The van der Waals surface area contributed by atoms with E-state index in [1.165, 1.54) is 45.6 Å². The molecule has 2 N–H and O–H groups in total. The monoisotopic (exact) mass is 695 g/mol. The van der Waals surface area contributed by atoms with Crippen LogP contribution in [0.15, 0.2) is 77.8 Å². The predicted molar refractivity (Wildman–Crippen MR) is 179 cm³/mol. The quantitative estimate of drug-likeness (QED) is 0.184.